The van der Waals surface area contributed by atoms with Crippen molar-refractivity contribution in [3.63, 3.8) is 0 Å². The topological polar surface area (TPSA) is 14.8 Å². The molecule has 5 aromatic heterocycles. The van der Waals surface area contributed by atoms with Gasteiger partial charge in [0.1, 0.15) is 0 Å². The molecular weight excluding hydrogens is 1370 g/mol. The highest BCUT2D eigenvalue weighted by Gasteiger charge is 2.33. The van der Waals surface area contributed by atoms with Crippen LogP contribution in [0, 0.1) is 0 Å². The van der Waals surface area contributed by atoms with Crippen LogP contribution in [-0.4, -0.2) is 13.7 Å². The third-order valence-electron chi connectivity index (χ3n) is 23.3. The highest BCUT2D eigenvalue weighted by molar-refractivity contribution is 7.27. The molecule has 0 saturated heterocycles. The van der Waals surface area contributed by atoms with E-state index in [-0.39, 0.29) is 5.92 Å². The lowest BCUT2D eigenvalue weighted by molar-refractivity contribution is 1.02. The predicted molar refractivity (Wildman–Crippen MR) is 471 cm³/mol. The van der Waals surface area contributed by atoms with Crippen LogP contribution in [0.5, 0.6) is 0 Å². The van der Waals surface area contributed by atoms with Gasteiger partial charge in [0.2, 0.25) is 0 Å². The molecule has 23 aromatic rings. The second-order valence-electron chi connectivity index (χ2n) is 29.4. The third kappa shape index (κ3) is 9.88. The Hall–Kier alpha value is -13.7. The lowest BCUT2D eigenvalue weighted by Gasteiger charge is -2.16. The molecule has 1 aliphatic carbocycles. The van der Waals surface area contributed by atoms with Crippen molar-refractivity contribution in [1.29, 1.82) is 0 Å². The molecule has 24 rings (SSSR count). The Morgan fingerprint density at radius 2 is 0.655 bits per heavy atom. The average Bonchev–Trinajstić information content (AvgIpc) is 1.56. The summed E-state index contributed by atoms with van der Waals surface area (Å²) in [4.78, 5) is 0. The largest absolute Gasteiger partial charge is 0.309 e. The van der Waals surface area contributed by atoms with Gasteiger partial charge in [-0.2, -0.15) is 0 Å². The maximum absolute atomic E-state index is 2.48. The van der Waals surface area contributed by atoms with E-state index in [1.807, 2.05) is 22.7 Å². The summed E-state index contributed by atoms with van der Waals surface area (Å²) in [6.07, 6.45) is 0. The molecule has 0 amide bonds. The maximum Gasteiger partial charge on any atom is 0.0555 e. The highest BCUT2D eigenvalue weighted by Crippen LogP contribution is 2.55. The molecule has 110 heavy (non-hydrogen) atoms. The number of benzene rings is 18. The summed E-state index contributed by atoms with van der Waals surface area (Å²) in [6.45, 7) is 0. The van der Waals surface area contributed by atoms with E-state index >= 15 is 0 Å². The molecule has 0 radical (unpaired) electrons. The fraction of sp³-hybridized carbons (Fsp3) is 0.00952. The zero-order chi connectivity index (χ0) is 72.1. The summed E-state index contributed by atoms with van der Waals surface area (Å²) in [5, 5.41) is 18.1. The molecule has 3 nitrogen and oxygen atoms in total. The Kier molecular flexibility index (Phi) is 14.2. The number of thiophene rings is 2. The predicted octanol–water partition coefficient (Wildman–Crippen LogP) is 29.5. The summed E-state index contributed by atoms with van der Waals surface area (Å²) < 4.78 is 12.7. The molecule has 0 fully saturated rings. The first-order chi connectivity index (χ1) is 54.5. The number of para-hydroxylation sites is 2. The van der Waals surface area contributed by atoms with Crippen LogP contribution in [0.4, 0.5) is 0 Å². The van der Waals surface area contributed by atoms with Crippen molar-refractivity contribution < 1.29 is 0 Å². The lowest BCUT2D eigenvalue weighted by Crippen LogP contribution is -1.99. The molecule has 1 unspecified atom stereocenters. The van der Waals surface area contributed by atoms with Gasteiger partial charge >= 0.3 is 0 Å². The van der Waals surface area contributed by atoms with E-state index in [1.165, 1.54) is 211 Å². The molecule has 0 bridgehead atoms. The monoisotopic (exact) mass is 1430 g/mol. The molecule has 1 aliphatic rings. The van der Waals surface area contributed by atoms with Crippen LogP contribution in [0.15, 0.2) is 388 Å². The molecule has 5 heteroatoms. The van der Waals surface area contributed by atoms with Crippen LogP contribution in [0.25, 0.3) is 200 Å². The van der Waals surface area contributed by atoms with E-state index in [9.17, 15) is 0 Å². The van der Waals surface area contributed by atoms with Gasteiger partial charge in [-0.25, -0.2) is 0 Å². The van der Waals surface area contributed by atoms with Crippen LogP contribution in [-0.2, 0) is 0 Å². The molecular formula is C105H65N3S2. The number of nitrogens with zero attached hydrogens (tertiary/aromatic N) is 3. The molecule has 0 saturated carbocycles. The van der Waals surface area contributed by atoms with E-state index in [2.05, 4.69) is 402 Å². The Morgan fingerprint density at radius 3 is 1.29 bits per heavy atom. The van der Waals surface area contributed by atoms with E-state index < -0.39 is 0 Å². The minimum Gasteiger partial charge on any atom is -0.309 e. The quantitative estimate of drug-likeness (QED) is 0.144. The summed E-state index contributed by atoms with van der Waals surface area (Å²) in [6, 6.07) is 144. The number of hydrogen-bond acceptors (Lipinski definition) is 2. The maximum atomic E-state index is 2.48. The van der Waals surface area contributed by atoms with Gasteiger partial charge in [-0.3, -0.25) is 0 Å². The van der Waals surface area contributed by atoms with Crippen molar-refractivity contribution >= 4 is 150 Å². The molecule has 5 heterocycles. The lowest BCUT2D eigenvalue weighted by atomic mass is 9.87. The van der Waals surface area contributed by atoms with Crippen LogP contribution in [0.3, 0.4) is 0 Å². The van der Waals surface area contributed by atoms with E-state index in [0.29, 0.717) is 0 Å². The van der Waals surface area contributed by atoms with Crippen molar-refractivity contribution in [1.82, 2.24) is 13.7 Å². The van der Waals surface area contributed by atoms with Crippen molar-refractivity contribution in [3.8, 4) is 72.7 Å². The van der Waals surface area contributed by atoms with Crippen LogP contribution in [0.1, 0.15) is 22.6 Å². The summed E-state index contributed by atoms with van der Waals surface area (Å²) >= 11 is 3.81. The van der Waals surface area contributed by atoms with Gasteiger partial charge in [0.25, 0.3) is 0 Å². The highest BCUT2D eigenvalue weighted by atomic mass is 32.1. The molecule has 1 atom stereocenters. The van der Waals surface area contributed by atoms with Gasteiger partial charge in [0.05, 0.1) is 33.1 Å². The second kappa shape index (κ2) is 25.0. The number of fused-ring (bicyclic) bond motifs is 22. The SMILES string of the molecule is c1ccc(-c2cccc(-n3c4ccccc4c4cc(-c5ccc6c(c5)-c5c(ccc7sc8ccccc8c57)C6c5ccc6ccccc6c5)ccc43)c2)cc1.c1ccc(-c2cccc(-n3c4ccccc4c4cc(-c5ccc6c(c5)c5c7sc8ccccc8c7ccc5n6-c5ccc6ccccc6c5)ccc43)c2)cc1. The number of aromatic nitrogens is 3. The fourth-order valence-electron chi connectivity index (χ4n) is 18.3. The smallest absolute Gasteiger partial charge is 0.0555 e. The van der Waals surface area contributed by atoms with Crippen LogP contribution in [0.2, 0.25) is 0 Å². The zero-order valence-corrected chi connectivity index (χ0v) is 61.3. The van der Waals surface area contributed by atoms with Crippen LogP contribution < -0.4 is 0 Å². The average molecular weight is 1430 g/mol. The first-order valence-electron chi connectivity index (χ1n) is 37.9. The molecule has 18 aromatic carbocycles. The van der Waals surface area contributed by atoms with Crippen molar-refractivity contribution in [2.75, 3.05) is 0 Å². The van der Waals surface area contributed by atoms with Crippen molar-refractivity contribution in [2.45, 2.75) is 5.92 Å². The van der Waals surface area contributed by atoms with E-state index in [1.54, 1.807) is 0 Å². The first-order valence-corrected chi connectivity index (χ1v) is 39.5. The summed E-state index contributed by atoms with van der Waals surface area (Å²) in [5.41, 5.74) is 27.4. The summed E-state index contributed by atoms with van der Waals surface area (Å²) in [5.74, 6) is 0.166. The standard InChI is InChI=1S/C53H33NS.C52H32N2S/c1-2-11-33(12-3-1)36-15-10-16-40(30-36)54-47-19-8-6-17-41(47)45-31-38(24-27-48(45)54)37-23-25-42-46(32-37)52-44(26-28-50-53(52)43-18-7-9-20-49(43)55-50)51(42)39-22-21-34-13-4-5-14-35(34)29-39;1-2-11-33(12-3-1)36-15-10-16-39(29-36)53-46-19-8-6-17-41(46)44-31-37(22-26-47(44)53)38-23-27-48-45(32-38)51-49(28-25-43-42-18-7-9-20-50(42)55-52(43)51)54(48)40-24-21-34-13-4-5-14-35(34)30-40/h1-32,51H;1-32H. The van der Waals surface area contributed by atoms with Gasteiger partial charge in [-0.15, -0.1) is 22.7 Å². The van der Waals surface area contributed by atoms with Gasteiger partial charge < -0.3 is 13.7 Å². The number of hydrogen-bond donors (Lipinski definition) is 0. The minimum atomic E-state index is 0.166. The molecule has 0 spiro atoms. The van der Waals surface area contributed by atoms with Gasteiger partial charge in [-0.05, 0) is 209 Å². The molecule has 0 N–H and O–H groups in total. The minimum absolute atomic E-state index is 0.166. The van der Waals surface area contributed by atoms with Crippen LogP contribution >= 0.6 is 22.7 Å². The van der Waals surface area contributed by atoms with E-state index in [4.69, 9.17) is 0 Å². The second-order valence-corrected chi connectivity index (χ2v) is 31.5. The number of rotatable bonds is 8. The van der Waals surface area contributed by atoms with Gasteiger partial charge in [0.15, 0.2) is 0 Å². The zero-order valence-electron chi connectivity index (χ0n) is 59.7. The Labute approximate surface area is 642 Å². The fourth-order valence-corrected chi connectivity index (χ4v) is 20.7. The summed E-state index contributed by atoms with van der Waals surface area (Å²) in [7, 11) is 0. The van der Waals surface area contributed by atoms with Crippen molar-refractivity contribution in [3.05, 3.63) is 405 Å². The molecule has 0 aliphatic heterocycles. The first kappa shape index (κ1) is 62.5. The van der Waals surface area contributed by atoms with Crippen molar-refractivity contribution in [2.24, 2.45) is 0 Å². The Bertz CT molecular complexity index is 7730. The Morgan fingerprint density at radius 1 is 0.209 bits per heavy atom. The molecule has 512 valence electrons. The van der Waals surface area contributed by atoms with Gasteiger partial charge in [-0.1, -0.05) is 273 Å². The Balaban J connectivity index is 0.000000132. The normalized spacial score (nSPS) is 12.8. The third-order valence-corrected chi connectivity index (χ3v) is 25.7. The van der Waals surface area contributed by atoms with E-state index in [0.717, 1.165) is 5.69 Å². The van der Waals surface area contributed by atoms with Gasteiger partial charge in [0, 0.05) is 95.6 Å².